The standard InChI is InChI=1S/C16H25FN2O3S/c1-6-14(16(20)18-12(4)11(2)3)19(23(5,21)22)15-10-8-7-9-13(15)17/h7-12,14H,6H2,1-5H3,(H,18,20)/t12-,14-/m0/s1. The summed E-state index contributed by atoms with van der Waals surface area (Å²) in [5.74, 6) is -0.903. The van der Waals surface area contributed by atoms with Gasteiger partial charge in [0.15, 0.2) is 0 Å². The number of nitrogens with one attached hydrogen (secondary N) is 1. The number of rotatable bonds is 7. The molecule has 0 bridgehead atoms. The van der Waals surface area contributed by atoms with Gasteiger partial charge >= 0.3 is 0 Å². The summed E-state index contributed by atoms with van der Waals surface area (Å²) in [6.07, 6.45) is 1.21. The highest BCUT2D eigenvalue weighted by molar-refractivity contribution is 7.92. The molecule has 1 N–H and O–H groups in total. The Labute approximate surface area is 137 Å². The summed E-state index contributed by atoms with van der Waals surface area (Å²) in [6, 6.07) is 4.44. The Hall–Kier alpha value is -1.63. The summed E-state index contributed by atoms with van der Waals surface area (Å²) < 4.78 is 39.3. The highest BCUT2D eigenvalue weighted by atomic mass is 32.2. The van der Waals surface area contributed by atoms with Crippen molar-refractivity contribution < 1.29 is 17.6 Å². The van der Waals surface area contributed by atoms with Crippen LogP contribution in [0.25, 0.3) is 0 Å². The van der Waals surface area contributed by atoms with E-state index in [9.17, 15) is 17.6 Å². The Bertz CT molecular complexity index is 646. The van der Waals surface area contributed by atoms with Crippen molar-refractivity contribution in [3.8, 4) is 0 Å². The van der Waals surface area contributed by atoms with Crippen LogP contribution in [0, 0.1) is 11.7 Å². The molecule has 0 aliphatic heterocycles. The molecular formula is C16H25FN2O3S. The first-order chi connectivity index (χ1) is 10.6. The zero-order valence-electron chi connectivity index (χ0n) is 14.2. The van der Waals surface area contributed by atoms with E-state index in [-0.39, 0.29) is 24.1 Å². The molecule has 0 heterocycles. The van der Waals surface area contributed by atoms with E-state index in [0.29, 0.717) is 0 Å². The number of halogens is 1. The molecule has 1 amide bonds. The molecule has 23 heavy (non-hydrogen) atoms. The lowest BCUT2D eigenvalue weighted by molar-refractivity contribution is -0.123. The minimum absolute atomic E-state index is 0.112. The largest absolute Gasteiger partial charge is 0.352 e. The Morgan fingerprint density at radius 1 is 1.26 bits per heavy atom. The molecule has 1 aromatic rings. The minimum atomic E-state index is -3.82. The number of carbonyl (C=O) groups is 1. The molecule has 0 aliphatic carbocycles. The van der Waals surface area contributed by atoms with Crippen molar-refractivity contribution in [2.24, 2.45) is 5.92 Å². The van der Waals surface area contributed by atoms with E-state index in [0.717, 1.165) is 10.6 Å². The first-order valence-electron chi connectivity index (χ1n) is 7.63. The van der Waals surface area contributed by atoms with E-state index >= 15 is 0 Å². The maximum absolute atomic E-state index is 14.1. The van der Waals surface area contributed by atoms with Crippen LogP contribution in [0.5, 0.6) is 0 Å². The predicted octanol–water partition coefficient (Wildman–Crippen LogP) is 2.53. The maximum atomic E-state index is 14.1. The van der Waals surface area contributed by atoms with Gasteiger partial charge in [-0.2, -0.15) is 0 Å². The zero-order valence-corrected chi connectivity index (χ0v) is 15.0. The zero-order chi connectivity index (χ0) is 17.8. The molecule has 1 aromatic carbocycles. The van der Waals surface area contributed by atoms with E-state index in [2.05, 4.69) is 5.32 Å². The molecule has 0 fully saturated rings. The van der Waals surface area contributed by atoms with Crippen molar-refractivity contribution in [2.45, 2.75) is 46.2 Å². The second-order valence-corrected chi connectivity index (χ2v) is 7.83. The normalized spacial score (nSPS) is 14.4. The summed E-state index contributed by atoms with van der Waals surface area (Å²) in [5, 5.41) is 2.80. The molecule has 0 spiro atoms. The number of hydrogen-bond acceptors (Lipinski definition) is 3. The van der Waals surface area contributed by atoms with E-state index < -0.39 is 27.8 Å². The maximum Gasteiger partial charge on any atom is 0.244 e. The molecule has 0 aliphatic rings. The number of anilines is 1. The number of amides is 1. The molecule has 5 nitrogen and oxygen atoms in total. The van der Waals surface area contributed by atoms with Crippen molar-refractivity contribution in [1.29, 1.82) is 0 Å². The second-order valence-electron chi connectivity index (χ2n) is 5.98. The third kappa shape index (κ3) is 4.92. The number of hydrogen-bond donors (Lipinski definition) is 1. The van der Waals surface area contributed by atoms with Crippen molar-refractivity contribution in [3.05, 3.63) is 30.1 Å². The summed E-state index contributed by atoms with van der Waals surface area (Å²) in [5.41, 5.74) is -0.116. The SMILES string of the molecule is CC[C@@H](C(=O)N[C@@H](C)C(C)C)N(c1ccccc1F)S(C)(=O)=O. The number of nitrogens with zero attached hydrogens (tertiary/aromatic N) is 1. The number of sulfonamides is 1. The lowest BCUT2D eigenvalue weighted by atomic mass is 10.1. The third-order valence-corrected chi connectivity index (χ3v) is 4.96. The molecule has 130 valence electrons. The molecule has 2 atom stereocenters. The van der Waals surface area contributed by atoms with Gasteiger partial charge < -0.3 is 5.32 Å². The van der Waals surface area contributed by atoms with Crippen LogP contribution in [0.4, 0.5) is 10.1 Å². The Morgan fingerprint density at radius 3 is 2.26 bits per heavy atom. The van der Waals surface area contributed by atoms with Gasteiger partial charge in [0.25, 0.3) is 0 Å². The summed E-state index contributed by atoms with van der Waals surface area (Å²) >= 11 is 0. The molecule has 0 radical (unpaired) electrons. The third-order valence-electron chi connectivity index (χ3n) is 3.79. The Morgan fingerprint density at radius 2 is 1.83 bits per heavy atom. The fraction of sp³-hybridized carbons (Fsp3) is 0.562. The molecule has 1 rings (SSSR count). The molecule has 0 saturated heterocycles. The van der Waals surface area contributed by atoms with Gasteiger partial charge in [-0.05, 0) is 31.4 Å². The van der Waals surface area contributed by atoms with Crippen molar-refractivity contribution >= 4 is 21.6 Å². The summed E-state index contributed by atoms with van der Waals surface area (Å²) in [7, 11) is -3.82. The minimum Gasteiger partial charge on any atom is -0.352 e. The Kier molecular flexibility index (Phi) is 6.56. The molecule has 0 aromatic heterocycles. The van der Waals surface area contributed by atoms with Crippen LogP contribution in [0.2, 0.25) is 0 Å². The lowest BCUT2D eigenvalue weighted by Gasteiger charge is -2.31. The van der Waals surface area contributed by atoms with E-state index in [1.54, 1.807) is 6.92 Å². The van der Waals surface area contributed by atoms with Gasteiger partial charge in [-0.25, -0.2) is 12.8 Å². The molecule has 0 saturated carbocycles. The van der Waals surface area contributed by atoms with Crippen LogP contribution in [0.15, 0.2) is 24.3 Å². The summed E-state index contributed by atoms with van der Waals surface area (Å²) in [4.78, 5) is 12.5. The van der Waals surface area contributed by atoms with Gasteiger partial charge in [-0.1, -0.05) is 32.9 Å². The van der Waals surface area contributed by atoms with Crippen LogP contribution in [-0.4, -0.2) is 32.7 Å². The monoisotopic (exact) mass is 344 g/mol. The molecule has 0 unspecified atom stereocenters. The quantitative estimate of drug-likeness (QED) is 0.826. The van der Waals surface area contributed by atoms with Crippen molar-refractivity contribution in [2.75, 3.05) is 10.6 Å². The number of benzene rings is 1. The average Bonchev–Trinajstić information content (AvgIpc) is 2.44. The van der Waals surface area contributed by atoms with Crippen LogP contribution in [-0.2, 0) is 14.8 Å². The highest BCUT2D eigenvalue weighted by Crippen LogP contribution is 2.25. The molecular weight excluding hydrogens is 319 g/mol. The average molecular weight is 344 g/mol. The topological polar surface area (TPSA) is 66.5 Å². The van der Waals surface area contributed by atoms with Crippen LogP contribution < -0.4 is 9.62 Å². The summed E-state index contributed by atoms with van der Waals surface area (Å²) in [6.45, 7) is 7.46. The Balaban J connectivity index is 3.25. The van der Waals surface area contributed by atoms with Crippen molar-refractivity contribution in [3.63, 3.8) is 0 Å². The molecule has 7 heteroatoms. The second kappa shape index (κ2) is 7.77. The number of carbonyl (C=O) groups excluding carboxylic acids is 1. The van der Waals surface area contributed by atoms with Crippen LogP contribution in [0.1, 0.15) is 34.1 Å². The fourth-order valence-electron chi connectivity index (χ4n) is 2.15. The van der Waals surface area contributed by atoms with Gasteiger partial charge in [0.05, 0.1) is 11.9 Å². The van der Waals surface area contributed by atoms with Gasteiger partial charge in [0.1, 0.15) is 11.9 Å². The van der Waals surface area contributed by atoms with Gasteiger partial charge in [-0.3, -0.25) is 9.10 Å². The van der Waals surface area contributed by atoms with Crippen LogP contribution >= 0.6 is 0 Å². The lowest BCUT2D eigenvalue weighted by Crippen LogP contribution is -2.52. The van der Waals surface area contributed by atoms with Gasteiger partial charge in [0.2, 0.25) is 15.9 Å². The first kappa shape index (κ1) is 19.4. The van der Waals surface area contributed by atoms with Gasteiger partial charge in [-0.15, -0.1) is 0 Å². The van der Waals surface area contributed by atoms with E-state index in [1.165, 1.54) is 24.3 Å². The smallest absolute Gasteiger partial charge is 0.244 e. The predicted molar refractivity (Wildman–Crippen MR) is 90.2 cm³/mol. The highest BCUT2D eigenvalue weighted by Gasteiger charge is 2.33. The van der Waals surface area contributed by atoms with E-state index in [4.69, 9.17) is 0 Å². The van der Waals surface area contributed by atoms with Crippen molar-refractivity contribution in [1.82, 2.24) is 5.32 Å². The first-order valence-corrected chi connectivity index (χ1v) is 9.48. The van der Waals surface area contributed by atoms with Crippen LogP contribution in [0.3, 0.4) is 0 Å². The van der Waals surface area contributed by atoms with Gasteiger partial charge in [0, 0.05) is 6.04 Å². The fourth-order valence-corrected chi connectivity index (χ4v) is 3.37. The number of para-hydroxylation sites is 1. The van der Waals surface area contributed by atoms with E-state index in [1.807, 2.05) is 20.8 Å².